The Bertz CT molecular complexity index is 794. The molecule has 1 unspecified atom stereocenters. The second-order valence-electron chi connectivity index (χ2n) is 8.58. The average molecular weight is 556 g/mol. The molecule has 1 aromatic rings. The molecule has 8 nitrogen and oxygen atoms in total. The van der Waals surface area contributed by atoms with Crippen LogP contribution in [0.3, 0.4) is 0 Å². The summed E-state index contributed by atoms with van der Waals surface area (Å²) in [7, 11) is 1.73. The summed E-state index contributed by atoms with van der Waals surface area (Å²) in [4.78, 5) is 32.5. The highest BCUT2D eigenvalue weighted by atomic mass is 127. The van der Waals surface area contributed by atoms with Gasteiger partial charge in [-0.3, -0.25) is 19.6 Å². The summed E-state index contributed by atoms with van der Waals surface area (Å²) in [5.41, 5.74) is 1.78. The molecule has 2 aliphatic heterocycles. The smallest absolute Gasteiger partial charge is 0.325 e. The highest BCUT2D eigenvalue weighted by Gasteiger charge is 2.45. The summed E-state index contributed by atoms with van der Waals surface area (Å²) < 4.78 is 0. The second kappa shape index (κ2) is 12.4. The zero-order valence-electron chi connectivity index (χ0n) is 19.4. The Labute approximate surface area is 208 Å². The molecule has 2 aliphatic rings. The number of halogens is 1. The molecule has 9 heteroatoms. The third-order valence-corrected chi connectivity index (χ3v) is 6.21. The van der Waals surface area contributed by atoms with Crippen LogP contribution in [0.1, 0.15) is 50.7 Å². The molecule has 1 aromatic carbocycles. The first-order valence-electron chi connectivity index (χ1n) is 11.3. The number of carbonyl (C=O) groups excluding carboxylic acids is 2. The van der Waals surface area contributed by atoms with E-state index < -0.39 is 5.54 Å². The van der Waals surface area contributed by atoms with Crippen LogP contribution in [0.25, 0.3) is 0 Å². The summed E-state index contributed by atoms with van der Waals surface area (Å²) >= 11 is 0. The van der Waals surface area contributed by atoms with E-state index in [2.05, 4.69) is 50.1 Å². The van der Waals surface area contributed by atoms with Crippen LogP contribution in [0, 0.1) is 0 Å². The molecule has 0 aliphatic carbocycles. The molecule has 1 atom stereocenters. The molecular weight excluding hydrogens is 519 g/mol. The van der Waals surface area contributed by atoms with E-state index >= 15 is 0 Å². The predicted molar refractivity (Wildman–Crippen MR) is 138 cm³/mol. The molecule has 0 radical (unpaired) electrons. The molecule has 2 heterocycles. The van der Waals surface area contributed by atoms with Gasteiger partial charge in [0.2, 0.25) is 0 Å². The van der Waals surface area contributed by atoms with Gasteiger partial charge in [0.25, 0.3) is 5.91 Å². The summed E-state index contributed by atoms with van der Waals surface area (Å²) in [5, 5.41) is 9.35. The number of carbonyl (C=O) groups is 2. The van der Waals surface area contributed by atoms with Crippen LogP contribution in [0.15, 0.2) is 29.3 Å². The number of hydrogen-bond acceptors (Lipinski definition) is 4. The van der Waals surface area contributed by atoms with E-state index in [1.54, 1.807) is 14.0 Å². The van der Waals surface area contributed by atoms with Crippen LogP contribution in [-0.2, 0) is 17.9 Å². The minimum atomic E-state index is -0.772. The number of aliphatic imine (C=N–C) groups is 1. The quantitative estimate of drug-likeness (QED) is 0.143. The number of rotatable bonds is 9. The lowest BCUT2D eigenvalue weighted by atomic mass is 9.99. The van der Waals surface area contributed by atoms with E-state index in [9.17, 15) is 9.59 Å². The van der Waals surface area contributed by atoms with Crippen molar-refractivity contribution in [2.24, 2.45) is 4.99 Å². The molecule has 178 valence electrons. The highest BCUT2D eigenvalue weighted by molar-refractivity contribution is 14.0. The van der Waals surface area contributed by atoms with E-state index in [4.69, 9.17) is 0 Å². The van der Waals surface area contributed by atoms with E-state index in [1.807, 2.05) is 6.92 Å². The monoisotopic (exact) mass is 556 g/mol. The van der Waals surface area contributed by atoms with Crippen LogP contribution in [0.2, 0.25) is 0 Å². The Morgan fingerprint density at radius 3 is 2.38 bits per heavy atom. The van der Waals surface area contributed by atoms with Crippen LogP contribution < -0.4 is 16.0 Å². The topological polar surface area (TPSA) is 89.1 Å². The number of hydrogen-bond donors (Lipinski definition) is 3. The highest BCUT2D eigenvalue weighted by Crippen LogP contribution is 2.20. The van der Waals surface area contributed by atoms with Crippen molar-refractivity contribution >= 4 is 41.9 Å². The van der Waals surface area contributed by atoms with Crippen LogP contribution in [0.4, 0.5) is 4.79 Å². The molecule has 32 heavy (non-hydrogen) atoms. The van der Waals surface area contributed by atoms with Crippen molar-refractivity contribution in [1.82, 2.24) is 25.8 Å². The summed E-state index contributed by atoms with van der Waals surface area (Å²) in [6, 6.07) is 8.42. The average Bonchev–Trinajstić information content (AvgIpc) is 3.36. The number of amides is 3. The lowest BCUT2D eigenvalue weighted by Crippen LogP contribution is -2.43. The van der Waals surface area contributed by atoms with Crippen molar-refractivity contribution in [3.05, 3.63) is 35.4 Å². The molecule has 0 saturated carbocycles. The maximum atomic E-state index is 12.4. The van der Waals surface area contributed by atoms with Gasteiger partial charge in [0.15, 0.2) is 5.96 Å². The van der Waals surface area contributed by atoms with Crippen LogP contribution in [-0.4, -0.2) is 66.5 Å². The molecular formula is C23H37IN6O2. The van der Waals surface area contributed by atoms with Gasteiger partial charge in [-0.1, -0.05) is 31.2 Å². The first-order valence-corrected chi connectivity index (χ1v) is 11.3. The molecule has 3 N–H and O–H groups in total. The molecule has 3 rings (SSSR count). The van der Waals surface area contributed by atoms with Gasteiger partial charge in [-0.05, 0) is 56.8 Å². The molecule has 2 fully saturated rings. The molecule has 3 amide bonds. The zero-order valence-corrected chi connectivity index (χ0v) is 21.8. The Morgan fingerprint density at radius 1 is 1.12 bits per heavy atom. The van der Waals surface area contributed by atoms with Crippen molar-refractivity contribution in [2.45, 2.75) is 58.2 Å². The van der Waals surface area contributed by atoms with Gasteiger partial charge in [-0.2, -0.15) is 0 Å². The number of imide groups is 1. The van der Waals surface area contributed by atoms with Crippen molar-refractivity contribution in [2.75, 3.05) is 33.2 Å². The number of nitrogens with one attached hydrogen (secondary N) is 3. The number of urea groups is 1. The molecule has 2 saturated heterocycles. The van der Waals surface area contributed by atoms with E-state index in [-0.39, 0.29) is 35.9 Å². The van der Waals surface area contributed by atoms with Crippen LogP contribution >= 0.6 is 24.0 Å². The zero-order chi connectivity index (χ0) is 22.3. The minimum absolute atomic E-state index is 0. The first kappa shape index (κ1) is 26.4. The van der Waals surface area contributed by atoms with E-state index in [1.165, 1.54) is 42.0 Å². The summed E-state index contributed by atoms with van der Waals surface area (Å²) in [6.07, 6.45) is 3.87. The molecule has 0 aromatic heterocycles. The standard InChI is InChI=1S/C23H36N6O2.HI/c1-4-23(2)20(30)29(22(31)27-23)15-7-12-25-21(24-3)26-16-18-8-10-19(11-9-18)17-28-13-5-6-14-28;/h8-11H,4-7,12-17H2,1-3H3,(H,27,31)(H2,24,25,26);1H. The third kappa shape index (κ3) is 6.81. The number of guanidine groups is 1. The SMILES string of the molecule is CCC1(C)NC(=O)N(CCCNC(=NC)NCc2ccc(CN3CCCC3)cc2)C1=O.I. The lowest BCUT2D eigenvalue weighted by Gasteiger charge is -2.19. The van der Waals surface area contributed by atoms with Crippen molar-refractivity contribution in [3.8, 4) is 0 Å². The van der Waals surface area contributed by atoms with E-state index in [0.717, 1.165) is 6.54 Å². The Hall–Kier alpha value is -1.88. The van der Waals surface area contributed by atoms with Gasteiger partial charge in [0, 0.05) is 33.2 Å². The fraction of sp³-hybridized carbons (Fsp3) is 0.609. The predicted octanol–water partition coefficient (Wildman–Crippen LogP) is 2.68. The van der Waals surface area contributed by atoms with Gasteiger partial charge in [0.05, 0.1) is 0 Å². The number of benzene rings is 1. The summed E-state index contributed by atoms with van der Waals surface area (Å²) in [6.45, 7) is 8.82. The third-order valence-electron chi connectivity index (χ3n) is 6.21. The summed E-state index contributed by atoms with van der Waals surface area (Å²) in [5.74, 6) is 0.562. The minimum Gasteiger partial charge on any atom is -0.356 e. The molecule has 0 spiro atoms. The first-order chi connectivity index (χ1) is 14.9. The Morgan fingerprint density at radius 2 is 1.78 bits per heavy atom. The van der Waals surface area contributed by atoms with Crippen LogP contribution in [0.5, 0.6) is 0 Å². The normalized spacial score (nSPS) is 21.5. The molecule has 0 bridgehead atoms. The Kier molecular flexibility index (Phi) is 10.2. The van der Waals surface area contributed by atoms with Gasteiger partial charge >= 0.3 is 6.03 Å². The van der Waals surface area contributed by atoms with Gasteiger partial charge in [0.1, 0.15) is 5.54 Å². The van der Waals surface area contributed by atoms with Gasteiger partial charge in [-0.25, -0.2) is 4.79 Å². The lowest BCUT2D eigenvalue weighted by molar-refractivity contribution is -0.130. The van der Waals surface area contributed by atoms with Gasteiger partial charge < -0.3 is 16.0 Å². The number of nitrogens with zero attached hydrogens (tertiary/aromatic N) is 3. The van der Waals surface area contributed by atoms with Crippen molar-refractivity contribution < 1.29 is 9.59 Å². The maximum absolute atomic E-state index is 12.4. The van der Waals surface area contributed by atoms with Gasteiger partial charge in [-0.15, -0.1) is 24.0 Å². The van der Waals surface area contributed by atoms with Crippen molar-refractivity contribution in [1.29, 1.82) is 0 Å². The fourth-order valence-electron chi connectivity index (χ4n) is 4.00. The fourth-order valence-corrected chi connectivity index (χ4v) is 4.00. The number of likely N-dealkylation sites (tertiary alicyclic amines) is 1. The van der Waals surface area contributed by atoms with Crippen molar-refractivity contribution in [3.63, 3.8) is 0 Å². The second-order valence-corrected chi connectivity index (χ2v) is 8.58. The maximum Gasteiger partial charge on any atom is 0.325 e. The Balaban J connectivity index is 0.00000363. The largest absolute Gasteiger partial charge is 0.356 e. The van der Waals surface area contributed by atoms with E-state index in [0.29, 0.717) is 38.4 Å².